The van der Waals surface area contributed by atoms with Crippen LogP contribution in [0.2, 0.25) is 0 Å². The lowest BCUT2D eigenvalue weighted by Crippen LogP contribution is -2.57. The molecule has 3 heterocycles. The van der Waals surface area contributed by atoms with Gasteiger partial charge in [-0.3, -0.25) is 19.7 Å². The van der Waals surface area contributed by atoms with Crippen LogP contribution in [0.5, 0.6) is 0 Å². The maximum atomic E-state index is 12.8. The summed E-state index contributed by atoms with van der Waals surface area (Å²) in [5, 5.41) is 15.1. The molecule has 0 spiro atoms. The second-order valence-electron chi connectivity index (χ2n) is 8.70. The Morgan fingerprint density at radius 2 is 1.72 bits per heavy atom. The van der Waals surface area contributed by atoms with Gasteiger partial charge < -0.3 is 20.0 Å². The van der Waals surface area contributed by atoms with Crippen LogP contribution in [0.15, 0.2) is 11.4 Å². The van der Waals surface area contributed by atoms with E-state index in [1.165, 1.54) is 0 Å². The largest absolute Gasteiger partial charge is 0.365 e. The Morgan fingerprint density at radius 1 is 1.07 bits per heavy atom. The first kappa shape index (κ1) is 20.1. The molecule has 4 aliphatic rings. The van der Waals surface area contributed by atoms with Crippen molar-refractivity contribution in [3.63, 3.8) is 0 Å². The van der Waals surface area contributed by atoms with E-state index in [4.69, 9.17) is 0 Å². The van der Waals surface area contributed by atoms with Crippen LogP contribution in [0.4, 0.5) is 0 Å². The summed E-state index contributed by atoms with van der Waals surface area (Å²) in [4.78, 5) is 42.5. The van der Waals surface area contributed by atoms with Gasteiger partial charge in [0.25, 0.3) is 0 Å². The molecule has 3 fully saturated rings. The second-order valence-corrected chi connectivity index (χ2v) is 8.70. The molecule has 2 saturated heterocycles. The highest BCUT2D eigenvalue weighted by atomic mass is 16.6. The van der Waals surface area contributed by atoms with Gasteiger partial charge in [0.1, 0.15) is 5.70 Å². The standard InChI is InChI=1S/C20H31N5O4/c1-22-16-5-3-2-4-15(16)17(18(20(22)27)25(28)29)23-10-12-24(13-11-23)19(26)14-6-8-21-9-7-14/h14-16,21H,2-13H2,1H3. The first-order valence-corrected chi connectivity index (χ1v) is 10.9. The number of hydrogen-bond donors (Lipinski definition) is 1. The molecule has 1 saturated carbocycles. The van der Waals surface area contributed by atoms with Gasteiger partial charge in [-0.2, -0.15) is 0 Å². The smallest absolute Gasteiger partial charge is 0.352 e. The van der Waals surface area contributed by atoms with E-state index in [9.17, 15) is 19.7 Å². The molecule has 3 aliphatic heterocycles. The van der Waals surface area contributed by atoms with Gasteiger partial charge >= 0.3 is 11.6 Å². The van der Waals surface area contributed by atoms with Crippen molar-refractivity contribution in [2.45, 2.75) is 44.6 Å². The van der Waals surface area contributed by atoms with Crippen molar-refractivity contribution in [3.05, 3.63) is 21.5 Å². The summed E-state index contributed by atoms with van der Waals surface area (Å²) in [6.07, 6.45) is 5.61. The molecule has 0 aromatic heterocycles. The number of carbonyl (C=O) groups is 2. The Kier molecular flexibility index (Phi) is 5.76. The van der Waals surface area contributed by atoms with Crippen molar-refractivity contribution in [2.75, 3.05) is 46.3 Å². The number of nitrogens with zero attached hydrogens (tertiary/aromatic N) is 4. The minimum absolute atomic E-state index is 0.0264. The predicted molar refractivity (Wildman–Crippen MR) is 106 cm³/mol. The fourth-order valence-corrected chi connectivity index (χ4v) is 5.55. The molecule has 2 amide bonds. The van der Waals surface area contributed by atoms with Gasteiger partial charge in [0.05, 0.1) is 4.92 Å². The number of carbonyl (C=O) groups excluding carboxylic acids is 2. The molecule has 9 nitrogen and oxygen atoms in total. The molecule has 1 aliphatic carbocycles. The average molecular weight is 405 g/mol. The highest BCUT2D eigenvalue weighted by Gasteiger charge is 2.48. The normalized spacial score (nSPS) is 29.1. The lowest BCUT2D eigenvalue weighted by atomic mass is 9.78. The summed E-state index contributed by atoms with van der Waals surface area (Å²) in [6, 6.07) is 0.0457. The third-order valence-electron chi connectivity index (χ3n) is 7.15. The molecule has 4 rings (SSSR count). The zero-order valence-electron chi connectivity index (χ0n) is 17.1. The minimum atomic E-state index is -0.494. The zero-order chi connectivity index (χ0) is 20.5. The van der Waals surface area contributed by atoms with Crippen LogP contribution in [0, 0.1) is 22.0 Å². The van der Waals surface area contributed by atoms with Crippen LogP contribution in [-0.2, 0) is 9.59 Å². The molecule has 2 unspecified atom stereocenters. The van der Waals surface area contributed by atoms with E-state index in [0.717, 1.165) is 51.6 Å². The first-order valence-electron chi connectivity index (χ1n) is 10.9. The molecule has 0 radical (unpaired) electrons. The van der Waals surface area contributed by atoms with Gasteiger partial charge in [-0.05, 0) is 38.8 Å². The fraction of sp³-hybridized carbons (Fsp3) is 0.800. The van der Waals surface area contributed by atoms with Crippen LogP contribution in [0.1, 0.15) is 38.5 Å². The number of piperazine rings is 1. The lowest BCUT2D eigenvalue weighted by molar-refractivity contribution is -0.424. The molecule has 29 heavy (non-hydrogen) atoms. The van der Waals surface area contributed by atoms with E-state index in [0.29, 0.717) is 31.9 Å². The number of nitrogens with one attached hydrogen (secondary N) is 1. The molecular weight excluding hydrogens is 374 g/mol. The molecule has 2 atom stereocenters. The Hall–Kier alpha value is -2.16. The van der Waals surface area contributed by atoms with E-state index in [1.807, 2.05) is 9.80 Å². The summed E-state index contributed by atoms with van der Waals surface area (Å²) >= 11 is 0. The summed E-state index contributed by atoms with van der Waals surface area (Å²) < 4.78 is 0. The SMILES string of the molecule is CN1C(=O)C([N+](=O)[O-])=C(N2CCN(C(=O)C3CCNCC3)CC2)C2CCCCC21. The Balaban J connectivity index is 1.52. The van der Waals surface area contributed by atoms with Crippen molar-refractivity contribution in [1.82, 2.24) is 20.0 Å². The highest BCUT2D eigenvalue weighted by molar-refractivity contribution is 5.93. The van der Waals surface area contributed by atoms with Gasteiger partial charge in [-0.15, -0.1) is 0 Å². The van der Waals surface area contributed by atoms with Crippen LogP contribution in [0.3, 0.4) is 0 Å². The number of nitro groups is 1. The van der Waals surface area contributed by atoms with E-state index >= 15 is 0 Å². The highest BCUT2D eigenvalue weighted by Crippen LogP contribution is 2.40. The number of piperidine rings is 1. The lowest BCUT2D eigenvalue weighted by Gasteiger charge is -2.47. The monoisotopic (exact) mass is 405 g/mol. The van der Waals surface area contributed by atoms with Crippen molar-refractivity contribution >= 4 is 11.8 Å². The van der Waals surface area contributed by atoms with Crippen molar-refractivity contribution in [2.24, 2.45) is 11.8 Å². The van der Waals surface area contributed by atoms with Gasteiger partial charge in [-0.1, -0.05) is 12.8 Å². The van der Waals surface area contributed by atoms with Gasteiger partial charge in [0.15, 0.2) is 0 Å². The quantitative estimate of drug-likeness (QED) is 0.547. The Bertz CT molecular complexity index is 710. The maximum absolute atomic E-state index is 12.8. The Labute approximate surface area is 171 Å². The third kappa shape index (κ3) is 3.72. The topological polar surface area (TPSA) is 99.0 Å². The number of rotatable bonds is 3. The van der Waals surface area contributed by atoms with Crippen LogP contribution < -0.4 is 5.32 Å². The fourth-order valence-electron chi connectivity index (χ4n) is 5.55. The third-order valence-corrected chi connectivity index (χ3v) is 7.15. The van der Waals surface area contributed by atoms with Crippen molar-refractivity contribution in [1.29, 1.82) is 0 Å². The first-order chi connectivity index (χ1) is 14.0. The van der Waals surface area contributed by atoms with Crippen molar-refractivity contribution in [3.8, 4) is 0 Å². The minimum Gasteiger partial charge on any atom is -0.365 e. The molecule has 160 valence electrons. The summed E-state index contributed by atoms with van der Waals surface area (Å²) in [5.41, 5.74) is 0.366. The molecule has 1 N–H and O–H groups in total. The number of amides is 2. The molecule has 9 heteroatoms. The van der Waals surface area contributed by atoms with E-state index < -0.39 is 10.8 Å². The number of likely N-dealkylation sites (N-methyl/N-ethyl adjacent to an activating group) is 1. The van der Waals surface area contributed by atoms with Crippen molar-refractivity contribution < 1.29 is 14.5 Å². The van der Waals surface area contributed by atoms with Gasteiger partial charge in [0.2, 0.25) is 5.91 Å². The van der Waals surface area contributed by atoms with E-state index in [2.05, 4.69) is 5.32 Å². The molecule has 0 aromatic rings. The molecule has 0 bridgehead atoms. The van der Waals surface area contributed by atoms with Crippen LogP contribution >= 0.6 is 0 Å². The van der Waals surface area contributed by atoms with E-state index in [1.54, 1.807) is 11.9 Å². The maximum Gasteiger partial charge on any atom is 0.352 e. The average Bonchev–Trinajstić information content (AvgIpc) is 2.76. The molecule has 0 aromatic carbocycles. The number of fused-ring (bicyclic) bond motifs is 1. The Morgan fingerprint density at radius 3 is 2.38 bits per heavy atom. The molecular formula is C20H31N5O4. The zero-order valence-corrected chi connectivity index (χ0v) is 17.1. The summed E-state index contributed by atoms with van der Waals surface area (Å²) in [7, 11) is 1.70. The second kappa shape index (κ2) is 8.30. The summed E-state index contributed by atoms with van der Waals surface area (Å²) in [6.45, 7) is 4.02. The predicted octanol–water partition coefficient (Wildman–Crippen LogP) is 0.649. The van der Waals surface area contributed by atoms with Gasteiger partial charge in [0, 0.05) is 51.1 Å². The summed E-state index contributed by atoms with van der Waals surface area (Å²) in [5.74, 6) is -0.145. The van der Waals surface area contributed by atoms with Gasteiger partial charge in [-0.25, -0.2) is 0 Å². The van der Waals surface area contributed by atoms with E-state index in [-0.39, 0.29) is 29.5 Å². The van der Waals surface area contributed by atoms with Crippen LogP contribution in [-0.4, -0.2) is 83.8 Å². The number of hydrogen-bond acceptors (Lipinski definition) is 6. The van der Waals surface area contributed by atoms with Crippen LogP contribution in [0.25, 0.3) is 0 Å².